The van der Waals surface area contributed by atoms with E-state index in [-0.39, 0.29) is 22.8 Å². The predicted molar refractivity (Wildman–Crippen MR) is 144 cm³/mol. The SMILES string of the molecule is COc1ccc(CC[n+]2c(N)c(C(=O)NCc3ccc(OC)cc3)cc3c(=O)n4ccccc4nc32)cc1. The summed E-state index contributed by atoms with van der Waals surface area (Å²) in [6.07, 6.45) is 2.27. The van der Waals surface area contributed by atoms with E-state index in [2.05, 4.69) is 5.32 Å². The summed E-state index contributed by atoms with van der Waals surface area (Å²) in [6.45, 7) is 0.713. The summed E-state index contributed by atoms with van der Waals surface area (Å²) in [5.74, 6) is 1.36. The number of fused-ring (bicyclic) bond motifs is 2. The molecule has 3 heterocycles. The zero-order chi connectivity index (χ0) is 26.6. The number of ether oxygens (including phenoxy) is 2. The van der Waals surface area contributed by atoms with Crippen molar-refractivity contribution >= 4 is 28.4 Å². The summed E-state index contributed by atoms with van der Waals surface area (Å²) in [6, 6.07) is 22.0. The monoisotopic (exact) mass is 510 g/mol. The van der Waals surface area contributed by atoms with Crippen molar-refractivity contribution in [3.8, 4) is 11.5 Å². The van der Waals surface area contributed by atoms with Gasteiger partial charge in [0.25, 0.3) is 17.1 Å². The predicted octanol–water partition coefficient (Wildman–Crippen LogP) is 2.91. The number of hydrogen-bond acceptors (Lipinski definition) is 6. The second kappa shape index (κ2) is 10.6. The normalized spacial score (nSPS) is 11.0. The molecule has 9 heteroatoms. The number of nitrogens with zero attached hydrogens (tertiary/aromatic N) is 3. The lowest BCUT2D eigenvalue weighted by molar-refractivity contribution is -0.658. The zero-order valence-electron chi connectivity index (χ0n) is 21.2. The first kappa shape index (κ1) is 24.8. The van der Waals surface area contributed by atoms with E-state index in [1.807, 2.05) is 54.6 Å². The molecule has 1 amide bonds. The van der Waals surface area contributed by atoms with E-state index in [1.54, 1.807) is 37.1 Å². The van der Waals surface area contributed by atoms with Crippen LogP contribution in [-0.2, 0) is 19.5 Å². The largest absolute Gasteiger partial charge is 0.497 e. The van der Waals surface area contributed by atoms with E-state index in [0.717, 1.165) is 22.6 Å². The van der Waals surface area contributed by atoms with Gasteiger partial charge in [-0.05, 0) is 53.6 Å². The molecule has 5 aromatic rings. The Morgan fingerprint density at radius 3 is 2.29 bits per heavy atom. The molecule has 2 aromatic carbocycles. The van der Waals surface area contributed by atoms with E-state index in [1.165, 1.54) is 10.5 Å². The number of rotatable bonds is 8. The molecule has 0 aliphatic rings. The third-order valence-corrected chi connectivity index (χ3v) is 6.50. The number of nitrogen functional groups attached to an aromatic ring is 1. The second-order valence-electron chi connectivity index (χ2n) is 8.81. The summed E-state index contributed by atoms with van der Waals surface area (Å²) < 4.78 is 13.7. The van der Waals surface area contributed by atoms with Crippen molar-refractivity contribution in [2.45, 2.75) is 19.5 Å². The van der Waals surface area contributed by atoms with Gasteiger partial charge in [-0.3, -0.25) is 14.0 Å². The highest BCUT2D eigenvalue weighted by molar-refractivity contribution is 6.00. The standard InChI is InChI=1S/C29H27N5O4/c1-37-21-10-6-19(7-11-21)14-16-34-26(30)23(28(35)31-18-20-8-12-22(38-2)13-9-20)17-24-27(34)32-25-5-3-4-15-33(25)29(24)36/h3-13,15,17,30H,14,16,18H2,1-2H3,(H,31,35)/p+1. The van der Waals surface area contributed by atoms with Gasteiger partial charge in [-0.1, -0.05) is 35.3 Å². The number of aryl methyl sites for hydroxylation is 2. The Kier molecular flexibility index (Phi) is 6.90. The van der Waals surface area contributed by atoms with E-state index in [4.69, 9.17) is 20.2 Å². The van der Waals surface area contributed by atoms with E-state index < -0.39 is 0 Å². The summed E-state index contributed by atoms with van der Waals surface area (Å²) in [7, 11) is 3.22. The molecule has 0 fully saturated rings. The molecule has 0 saturated heterocycles. The molecule has 0 saturated carbocycles. The molecular weight excluding hydrogens is 482 g/mol. The Hall–Kier alpha value is -4.92. The summed E-state index contributed by atoms with van der Waals surface area (Å²) >= 11 is 0. The van der Waals surface area contributed by atoms with Gasteiger partial charge in [0.1, 0.15) is 22.4 Å². The molecule has 0 atom stereocenters. The van der Waals surface area contributed by atoms with Crippen LogP contribution in [0.1, 0.15) is 21.5 Å². The maximum absolute atomic E-state index is 13.4. The number of nitrogens with one attached hydrogen (secondary N) is 1. The highest BCUT2D eigenvalue weighted by Gasteiger charge is 2.24. The van der Waals surface area contributed by atoms with Gasteiger partial charge in [0.05, 0.1) is 20.8 Å². The van der Waals surface area contributed by atoms with Gasteiger partial charge in [-0.25, -0.2) is 4.57 Å². The summed E-state index contributed by atoms with van der Waals surface area (Å²) in [4.78, 5) is 31.5. The zero-order valence-corrected chi connectivity index (χ0v) is 21.2. The Bertz CT molecular complexity index is 1680. The molecule has 38 heavy (non-hydrogen) atoms. The summed E-state index contributed by atoms with van der Waals surface area (Å²) in [5.41, 5.74) is 9.41. The average Bonchev–Trinajstić information content (AvgIpc) is 2.96. The first-order valence-corrected chi connectivity index (χ1v) is 12.2. The number of methoxy groups -OCH3 is 2. The van der Waals surface area contributed by atoms with Crippen LogP contribution in [0.4, 0.5) is 5.82 Å². The van der Waals surface area contributed by atoms with Gasteiger partial charge in [0.2, 0.25) is 11.5 Å². The van der Waals surface area contributed by atoms with Crippen molar-refractivity contribution in [1.82, 2.24) is 14.7 Å². The molecule has 9 nitrogen and oxygen atoms in total. The molecule has 0 unspecified atom stereocenters. The fourth-order valence-corrected chi connectivity index (χ4v) is 4.36. The number of hydrogen-bond donors (Lipinski definition) is 2. The van der Waals surface area contributed by atoms with E-state index in [9.17, 15) is 9.59 Å². The number of carbonyl (C=O) groups excluding carboxylic acids is 1. The first-order valence-electron chi connectivity index (χ1n) is 12.2. The van der Waals surface area contributed by atoms with E-state index >= 15 is 0 Å². The summed E-state index contributed by atoms with van der Waals surface area (Å²) in [5, 5.41) is 3.22. The lowest BCUT2D eigenvalue weighted by Crippen LogP contribution is -2.43. The van der Waals surface area contributed by atoms with Crippen LogP contribution in [-0.4, -0.2) is 29.5 Å². The van der Waals surface area contributed by atoms with Crippen molar-refractivity contribution in [3.05, 3.63) is 106 Å². The number of anilines is 1. The van der Waals surface area contributed by atoms with Gasteiger partial charge in [0.15, 0.2) is 0 Å². The fourth-order valence-electron chi connectivity index (χ4n) is 4.36. The van der Waals surface area contributed by atoms with Crippen molar-refractivity contribution in [2.24, 2.45) is 0 Å². The van der Waals surface area contributed by atoms with Crippen LogP contribution in [0.15, 0.2) is 83.8 Å². The highest BCUT2D eigenvalue weighted by Crippen LogP contribution is 2.17. The maximum Gasteiger partial charge on any atom is 0.278 e. The van der Waals surface area contributed by atoms with Crippen LogP contribution in [0, 0.1) is 0 Å². The fraction of sp³-hybridized carbons (Fsp3) is 0.172. The molecular formula is C29H28N5O4+. The minimum absolute atomic E-state index is 0.218. The van der Waals surface area contributed by atoms with Crippen molar-refractivity contribution < 1.29 is 18.8 Å². The highest BCUT2D eigenvalue weighted by atomic mass is 16.5. The third kappa shape index (κ3) is 4.86. The van der Waals surface area contributed by atoms with E-state index in [0.29, 0.717) is 36.2 Å². The van der Waals surface area contributed by atoms with Crippen LogP contribution >= 0.6 is 0 Å². The van der Waals surface area contributed by atoms with Crippen LogP contribution in [0.3, 0.4) is 0 Å². The second-order valence-corrected chi connectivity index (χ2v) is 8.81. The average molecular weight is 511 g/mol. The van der Waals surface area contributed by atoms with Crippen molar-refractivity contribution in [3.63, 3.8) is 0 Å². The number of nitrogens with two attached hydrogens (primary N) is 1. The Morgan fingerprint density at radius 1 is 0.974 bits per heavy atom. The molecule has 0 bridgehead atoms. The molecule has 0 radical (unpaired) electrons. The van der Waals surface area contributed by atoms with Gasteiger partial charge < -0.3 is 20.5 Å². The minimum Gasteiger partial charge on any atom is -0.497 e. The van der Waals surface area contributed by atoms with Crippen LogP contribution in [0.2, 0.25) is 0 Å². The van der Waals surface area contributed by atoms with Gasteiger partial charge >= 0.3 is 0 Å². The number of benzene rings is 2. The van der Waals surface area contributed by atoms with Crippen molar-refractivity contribution in [1.29, 1.82) is 0 Å². The van der Waals surface area contributed by atoms with Gasteiger partial charge in [-0.15, -0.1) is 0 Å². The van der Waals surface area contributed by atoms with Crippen LogP contribution in [0.25, 0.3) is 16.7 Å². The maximum atomic E-state index is 13.4. The van der Waals surface area contributed by atoms with Gasteiger partial charge in [-0.2, -0.15) is 0 Å². The molecule has 3 aromatic heterocycles. The number of amides is 1. The molecule has 0 spiro atoms. The Balaban J connectivity index is 1.54. The van der Waals surface area contributed by atoms with Crippen LogP contribution < -0.4 is 30.7 Å². The lowest BCUT2D eigenvalue weighted by atomic mass is 10.1. The molecule has 5 rings (SSSR count). The quantitative estimate of drug-likeness (QED) is 0.245. The molecule has 0 aliphatic carbocycles. The van der Waals surface area contributed by atoms with Crippen LogP contribution in [0.5, 0.6) is 11.5 Å². The number of pyridine rings is 2. The van der Waals surface area contributed by atoms with Gasteiger partial charge in [0, 0.05) is 19.2 Å². The Labute approximate surface area is 219 Å². The third-order valence-electron chi connectivity index (χ3n) is 6.50. The van der Waals surface area contributed by atoms with Crippen molar-refractivity contribution in [2.75, 3.05) is 20.0 Å². The topological polar surface area (TPSA) is 112 Å². The smallest absolute Gasteiger partial charge is 0.278 e. The molecule has 3 N–H and O–H groups in total. The molecule has 192 valence electrons. The Morgan fingerprint density at radius 2 is 1.63 bits per heavy atom. The first-order chi connectivity index (χ1) is 18.5. The molecule has 0 aliphatic heterocycles. The number of aromatic nitrogens is 3. The lowest BCUT2D eigenvalue weighted by Gasteiger charge is -2.13. The number of carbonyl (C=O) groups is 1. The minimum atomic E-state index is -0.379.